The van der Waals surface area contributed by atoms with E-state index in [2.05, 4.69) is 40.8 Å². The lowest BCUT2D eigenvalue weighted by Crippen LogP contribution is -2.41. The van der Waals surface area contributed by atoms with Gasteiger partial charge in [0.25, 0.3) is 0 Å². The van der Waals surface area contributed by atoms with Crippen molar-refractivity contribution in [2.24, 2.45) is 0 Å². The highest BCUT2D eigenvalue weighted by atomic mass is 32.2. The van der Waals surface area contributed by atoms with Gasteiger partial charge in [-0.25, -0.2) is 13.1 Å². The van der Waals surface area contributed by atoms with E-state index < -0.39 is 10.0 Å². The van der Waals surface area contributed by atoms with Gasteiger partial charge in [0.2, 0.25) is 10.0 Å². The van der Waals surface area contributed by atoms with E-state index in [4.69, 9.17) is 9.47 Å². The Morgan fingerprint density at radius 2 is 1.70 bits per heavy atom. The van der Waals surface area contributed by atoms with Gasteiger partial charge in [0.15, 0.2) is 11.5 Å². The highest BCUT2D eigenvalue weighted by molar-refractivity contribution is 7.89. The van der Waals surface area contributed by atoms with E-state index in [0.29, 0.717) is 11.5 Å². The van der Waals surface area contributed by atoms with Crippen LogP contribution in [0.2, 0.25) is 0 Å². The van der Waals surface area contributed by atoms with Gasteiger partial charge in [0.05, 0.1) is 19.1 Å². The van der Waals surface area contributed by atoms with Gasteiger partial charge in [-0.3, -0.25) is 4.90 Å². The van der Waals surface area contributed by atoms with Crippen LogP contribution >= 0.6 is 0 Å². The third kappa shape index (κ3) is 5.21. The van der Waals surface area contributed by atoms with E-state index in [1.54, 1.807) is 44.6 Å². The summed E-state index contributed by atoms with van der Waals surface area (Å²) in [5.74, 6) is 1.33. The average molecular weight is 467 g/mol. The fourth-order valence-corrected chi connectivity index (χ4v) is 5.48. The number of sulfonamides is 1. The highest BCUT2D eigenvalue weighted by Crippen LogP contribution is 2.38. The summed E-state index contributed by atoms with van der Waals surface area (Å²) in [4.78, 5) is 2.59. The van der Waals surface area contributed by atoms with Gasteiger partial charge >= 0.3 is 0 Å². The zero-order valence-corrected chi connectivity index (χ0v) is 20.1. The van der Waals surface area contributed by atoms with Crippen molar-refractivity contribution in [3.8, 4) is 11.5 Å². The molecule has 0 saturated carbocycles. The van der Waals surface area contributed by atoms with Crippen LogP contribution in [0, 0.1) is 6.92 Å². The van der Waals surface area contributed by atoms with Crippen LogP contribution in [-0.2, 0) is 23.0 Å². The molecule has 3 aromatic rings. The summed E-state index contributed by atoms with van der Waals surface area (Å²) in [7, 11) is -0.383. The maximum Gasteiger partial charge on any atom is 0.240 e. The van der Waals surface area contributed by atoms with Gasteiger partial charge in [-0.15, -0.1) is 0 Å². The van der Waals surface area contributed by atoms with Crippen LogP contribution in [0.25, 0.3) is 0 Å². The first-order valence-corrected chi connectivity index (χ1v) is 12.5. The molecule has 0 saturated heterocycles. The van der Waals surface area contributed by atoms with Crippen LogP contribution in [0.1, 0.15) is 28.3 Å². The van der Waals surface area contributed by atoms with Gasteiger partial charge < -0.3 is 9.47 Å². The quantitative estimate of drug-likeness (QED) is 0.542. The predicted molar refractivity (Wildman–Crippen MR) is 129 cm³/mol. The summed E-state index contributed by atoms with van der Waals surface area (Å²) in [6, 6.07) is 20.8. The van der Waals surface area contributed by atoms with Crippen LogP contribution in [0.5, 0.6) is 11.5 Å². The summed E-state index contributed by atoms with van der Waals surface area (Å²) in [5, 5.41) is 0. The molecule has 0 bridgehead atoms. The first kappa shape index (κ1) is 23.3. The summed E-state index contributed by atoms with van der Waals surface area (Å²) < 4.78 is 39.8. The number of benzene rings is 3. The third-order valence-corrected chi connectivity index (χ3v) is 7.54. The number of rotatable bonds is 8. The molecular weight excluding hydrogens is 436 g/mol. The Balaban J connectivity index is 1.67. The van der Waals surface area contributed by atoms with Gasteiger partial charge in [-0.2, -0.15) is 0 Å². The largest absolute Gasteiger partial charge is 0.493 e. The molecule has 3 aromatic carbocycles. The monoisotopic (exact) mass is 466 g/mol. The first-order valence-electron chi connectivity index (χ1n) is 11.0. The van der Waals surface area contributed by atoms with Crippen LogP contribution in [0.4, 0.5) is 0 Å². The van der Waals surface area contributed by atoms with Gasteiger partial charge in [-0.1, -0.05) is 48.0 Å². The minimum atomic E-state index is -3.63. The lowest BCUT2D eigenvalue weighted by atomic mass is 9.91. The van der Waals surface area contributed by atoms with Gasteiger partial charge in [-0.05, 0) is 54.3 Å². The molecule has 1 heterocycles. The van der Waals surface area contributed by atoms with E-state index in [0.717, 1.165) is 30.6 Å². The van der Waals surface area contributed by atoms with Gasteiger partial charge in [0.1, 0.15) is 0 Å². The molecule has 6 nitrogen and oxygen atoms in total. The normalized spacial score (nSPS) is 16.3. The van der Waals surface area contributed by atoms with Crippen molar-refractivity contribution in [2.75, 3.05) is 27.3 Å². The third-order valence-electron chi connectivity index (χ3n) is 6.10. The Morgan fingerprint density at radius 3 is 2.39 bits per heavy atom. The summed E-state index contributed by atoms with van der Waals surface area (Å²) in [6.45, 7) is 3.88. The Bertz CT molecular complexity index is 1210. The van der Waals surface area contributed by atoms with Crippen molar-refractivity contribution in [2.45, 2.75) is 30.8 Å². The number of nitrogens with one attached hydrogen (secondary N) is 1. The fraction of sp³-hybridized carbons (Fsp3) is 0.308. The van der Waals surface area contributed by atoms with Crippen LogP contribution in [-0.4, -0.2) is 40.6 Å². The summed E-state index contributed by atoms with van der Waals surface area (Å²) >= 11 is 0. The van der Waals surface area contributed by atoms with E-state index >= 15 is 0 Å². The minimum absolute atomic E-state index is 0.146. The van der Waals surface area contributed by atoms with E-state index in [1.807, 2.05) is 12.1 Å². The maximum atomic E-state index is 12.9. The lowest BCUT2D eigenvalue weighted by molar-refractivity contribution is 0.176. The van der Waals surface area contributed by atoms with Crippen molar-refractivity contribution in [3.05, 3.63) is 89.0 Å². The second-order valence-corrected chi connectivity index (χ2v) is 10.1. The van der Waals surface area contributed by atoms with Crippen molar-refractivity contribution < 1.29 is 17.9 Å². The molecule has 1 N–H and O–H groups in total. The molecule has 0 aliphatic carbocycles. The molecule has 4 rings (SSSR count). The standard InChI is InChI=1S/C26H30N2O4S/c1-19-8-7-9-20(14-19)18-28-13-12-21-15-25(31-2)26(32-3)16-23(21)24(28)17-27-33(29,30)22-10-5-4-6-11-22/h4-11,14-16,24,27H,12-13,17-18H2,1-3H3/t24-/m0/s1. The molecule has 0 aromatic heterocycles. The predicted octanol–water partition coefficient (Wildman–Crippen LogP) is 4.09. The van der Waals surface area contributed by atoms with E-state index in [9.17, 15) is 8.42 Å². The molecular formula is C26H30N2O4S. The molecule has 1 aliphatic heterocycles. The molecule has 1 atom stereocenters. The van der Waals surface area contributed by atoms with Crippen LogP contribution < -0.4 is 14.2 Å². The Hall–Kier alpha value is -2.87. The molecule has 7 heteroatoms. The van der Waals surface area contributed by atoms with Crippen LogP contribution in [0.3, 0.4) is 0 Å². The summed E-state index contributed by atoms with van der Waals surface area (Å²) in [5.41, 5.74) is 4.62. The molecule has 0 unspecified atom stereocenters. The van der Waals surface area contributed by atoms with E-state index in [1.165, 1.54) is 11.1 Å². The fourth-order valence-electron chi connectivity index (χ4n) is 4.43. The number of methoxy groups -OCH3 is 2. The van der Waals surface area contributed by atoms with Crippen LogP contribution in [0.15, 0.2) is 71.6 Å². The highest BCUT2D eigenvalue weighted by Gasteiger charge is 2.30. The maximum absolute atomic E-state index is 12.9. The number of fused-ring (bicyclic) bond motifs is 1. The lowest BCUT2D eigenvalue weighted by Gasteiger charge is -2.38. The van der Waals surface area contributed by atoms with Crippen molar-refractivity contribution in [3.63, 3.8) is 0 Å². The smallest absolute Gasteiger partial charge is 0.240 e. The average Bonchev–Trinajstić information content (AvgIpc) is 2.83. The minimum Gasteiger partial charge on any atom is -0.493 e. The number of aryl methyl sites for hydroxylation is 1. The second-order valence-electron chi connectivity index (χ2n) is 8.30. The first-order chi connectivity index (χ1) is 15.9. The topological polar surface area (TPSA) is 67.9 Å². The zero-order chi connectivity index (χ0) is 23.4. The SMILES string of the molecule is COc1cc2c(cc1OC)[C@H](CNS(=O)(=O)c1ccccc1)N(Cc1cccc(C)c1)CC2. The van der Waals surface area contributed by atoms with Gasteiger partial charge in [0, 0.05) is 25.7 Å². The molecule has 0 fully saturated rings. The van der Waals surface area contributed by atoms with Crippen molar-refractivity contribution >= 4 is 10.0 Å². The Kier molecular flexibility index (Phi) is 7.02. The Morgan fingerprint density at radius 1 is 0.970 bits per heavy atom. The number of hydrogen-bond acceptors (Lipinski definition) is 5. The molecule has 33 heavy (non-hydrogen) atoms. The molecule has 0 radical (unpaired) electrons. The second kappa shape index (κ2) is 9.95. The van der Waals surface area contributed by atoms with E-state index in [-0.39, 0.29) is 17.5 Å². The number of nitrogens with zero attached hydrogens (tertiary/aromatic N) is 1. The Labute approximate surface area is 196 Å². The van der Waals surface area contributed by atoms with Crippen molar-refractivity contribution in [1.82, 2.24) is 9.62 Å². The molecule has 1 aliphatic rings. The molecule has 0 spiro atoms. The number of ether oxygens (including phenoxy) is 2. The summed E-state index contributed by atoms with van der Waals surface area (Å²) in [6.07, 6.45) is 0.851. The number of hydrogen-bond donors (Lipinski definition) is 1. The molecule has 174 valence electrons. The molecule has 0 amide bonds. The van der Waals surface area contributed by atoms with Crippen molar-refractivity contribution in [1.29, 1.82) is 0 Å². The zero-order valence-electron chi connectivity index (χ0n) is 19.2.